The highest BCUT2D eigenvalue weighted by Crippen LogP contribution is 2.33. The van der Waals surface area contributed by atoms with Crippen LogP contribution in [-0.4, -0.2) is 33.5 Å². The molecule has 6 nitrogen and oxygen atoms in total. The number of nitrogens with zero attached hydrogens (tertiary/aromatic N) is 3. The molecule has 3 rings (SSSR count). The highest BCUT2D eigenvalue weighted by Gasteiger charge is 2.18. The fourth-order valence-corrected chi connectivity index (χ4v) is 3.71. The van der Waals surface area contributed by atoms with E-state index in [-0.39, 0.29) is 11.7 Å². The zero-order valence-electron chi connectivity index (χ0n) is 16.2. The molecule has 0 bridgehead atoms. The van der Waals surface area contributed by atoms with E-state index in [0.29, 0.717) is 28.3 Å². The molecule has 0 atom stereocenters. The maximum absolute atomic E-state index is 12.3. The van der Waals surface area contributed by atoms with Crippen molar-refractivity contribution < 1.29 is 9.53 Å². The Morgan fingerprint density at radius 3 is 2.86 bits per heavy atom. The van der Waals surface area contributed by atoms with Crippen molar-refractivity contribution in [1.82, 2.24) is 14.8 Å². The lowest BCUT2D eigenvalue weighted by Crippen LogP contribution is -2.14. The van der Waals surface area contributed by atoms with E-state index in [1.807, 2.05) is 35.8 Å². The Morgan fingerprint density at radius 2 is 2.14 bits per heavy atom. The first-order chi connectivity index (χ1) is 14.0. The number of thioether (sulfide) groups is 1. The molecule has 8 heteroatoms. The topological polar surface area (TPSA) is 69.0 Å². The molecule has 29 heavy (non-hydrogen) atoms. The zero-order valence-corrected chi connectivity index (χ0v) is 17.8. The van der Waals surface area contributed by atoms with Crippen LogP contribution in [0.4, 0.5) is 5.69 Å². The van der Waals surface area contributed by atoms with Crippen molar-refractivity contribution in [2.45, 2.75) is 18.6 Å². The summed E-state index contributed by atoms with van der Waals surface area (Å²) in [7, 11) is 1.59. The average Bonchev–Trinajstić information content (AvgIpc) is 3.09. The summed E-state index contributed by atoms with van der Waals surface area (Å²) in [5, 5.41) is 12.6. The van der Waals surface area contributed by atoms with Gasteiger partial charge in [0.05, 0.1) is 18.4 Å². The van der Waals surface area contributed by atoms with E-state index < -0.39 is 0 Å². The SMILES string of the molecule is C=CCn1c(SCC(=O)Nc2cccc(C)c2)nnc1-c1cc(Cl)ccc1OC. The van der Waals surface area contributed by atoms with Gasteiger partial charge in [-0.05, 0) is 42.8 Å². The van der Waals surface area contributed by atoms with Gasteiger partial charge in [-0.15, -0.1) is 16.8 Å². The molecule has 1 N–H and O–H groups in total. The Morgan fingerprint density at radius 1 is 1.31 bits per heavy atom. The number of carbonyl (C=O) groups is 1. The molecule has 3 aromatic rings. The number of rotatable bonds is 8. The van der Waals surface area contributed by atoms with Gasteiger partial charge in [0.1, 0.15) is 5.75 Å². The third-order valence-corrected chi connectivity index (χ3v) is 5.27. The number of ether oxygens (including phenoxy) is 1. The molecular formula is C21H21ClN4O2S. The molecule has 1 aromatic heterocycles. The predicted octanol–water partition coefficient (Wildman–Crippen LogP) is 4.83. The van der Waals surface area contributed by atoms with Crippen LogP contribution in [0.25, 0.3) is 11.4 Å². The van der Waals surface area contributed by atoms with E-state index in [1.54, 1.807) is 31.4 Å². The molecular weight excluding hydrogens is 408 g/mol. The normalized spacial score (nSPS) is 10.6. The number of carbonyl (C=O) groups excluding carboxylic acids is 1. The van der Waals surface area contributed by atoms with Crippen LogP contribution in [0, 0.1) is 6.92 Å². The zero-order chi connectivity index (χ0) is 20.8. The van der Waals surface area contributed by atoms with Crippen LogP contribution < -0.4 is 10.1 Å². The first kappa shape index (κ1) is 21.0. The number of benzene rings is 2. The Kier molecular flexibility index (Phi) is 6.95. The van der Waals surface area contributed by atoms with Crippen LogP contribution in [0.2, 0.25) is 5.02 Å². The van der Waals surface area contributed by atoms with E-state index in [0.717, 1.165) is 16.8 Å². The van der Waals surface area contributed by atoms with Crippen LogP contribution in [0.1, 0.15) is 5.56 Å². The maximum atomic E-state index is 12.3. The Balaban J connectivity index is 1.79. The number of amides is 1. The second-order valence-electron chi connectivity index (χ2n) is 6.26. The van der Waals surface area contributed by atoms with Gasteiger partial charge in [0, 0.05) is 17.3 Å². The maximum Gasteiger partial charge on any atom is 0.234 e. The lowest BCUT2D eigenvalue weighted by Gasteiger charge is -2.11. The number of halogens is 1. The number of allylic oxidation sites excluding steroid dienone is 1. The fraction of sp³-hybridized carbons (Fsp3) is 0.190. The Labute approximate surface area is 178 Å². The van der Waals surface area contributed by atoms with Gasteiger partial charge >= 0.3 is 0 Å². The summed E-state index contributed by atoms with van der Waals surface area (Å²) >= 11 is 7.47. The monoisotopic (exact) mass is 428 g/mol. The Hall–Kier alpha value is -2.77. The van der Waals surface area contributed by atoms with Crippen LogP contribution >= 0.6 is 23.4 Å². The van der Waals surface area contributed by atoms with Gasteiger partial charge in [0.2, 0.25) is 5.91 Å². The molecule has 0 radical (unpaired) electrons. The van der Waals surface area contributed by atoms with Gasteiger partial charge in [0.25, 0.3) is 0 Å². The molecule has 150 valence electrons. The molecule has 0 unspecified atom stereocenters. The van der Waals surface area contributed by atoms with E-state index in [2.05, 4.69) is 22.1 Å². The standard InChI is InChI=1S/C21H21ClN4O2S/c1-4-10-26-20(17-12-15(22)8-9-18(17)28-3)24-25-21(26)29-13-19(27)23-16-7-5-6-14(2)11-16/h4-9,11-12H,1,10,13H2,2-3H3,(H,23,27). The molecule has 1 amide bonds. The number of hydrogen-bond donors (Lipinski definition) is 1. The Bertz CT molecular complexity index is 1040. The average molecular weight is 429 g/mol. The molecule has 0 saturated heterocycles. The summed E-state index contributed by atoms with van der Waals surface area (Å²) in [6.07, 6.45) is 1.75. The summed E-state index contributed by atoms with van der Waals surface area (Å²) in [4.78, 5) is 12.3. The number of nitrogens with one attached hydrogen (secondary N) is 1. The third kappa shape index (κ3) is 5.19. The summed E-state index contributed by atoms with van der Waals surface area (Å²) in [5.74, 6) is 1.33. The van der Waals surface area contributed by atoms with E-state index in [9.17, 15) is 4.79 Å². The molecule has 0 saturated carbocycles. The fourth-order valence-electron chi connectivity index (χ4n) is 2.79. The van der Waals surface area contributed by atoms with Gasteiger partial charge < -0.3 is 10.1 Å². The van der Waals surface area contributed by atoms with Crippen molar-refractivity contribution in [3.05, 3.63) is 65.7 Å². The van der Waals surface area contributed by atoms with Crippen molar-refractivity contribution in [2.24, 2.45) is 0 Å². The molecule has 1 heterocycles. The van der Waals surface area contributed by atoms with Gasteiger partial charge in [-0.25, -0.2) is 0 Å². The first-order valence-electron chi connectivity index (χ1n) is 8.89. The van der Waals surface area contributed by atoms with Crippen LogP contribution in [-0.2, 0) is 11.3 Å². The minimum atomic E-state index is -0.115. The van der Waals surface area contributed by atoms with Crippen molar-refractivity contribution in [3.8, 4) is 17.1 Å². The minimum absolute atomic E-state index is 0.115. The molecule has 0 spiro atoms. The van der Waals surface area contributed by atoms with Crippen molar-refractivity contribution in [3.63, 3.8) is 0 Å². The molecule has 0 fully saturated rings. The van der Waals surface area contributed by atoms with E-state index >= 15 is 0 Å². The van der Waals surface area contributed by atoms with Crippen LogP contribution in [0.3, 0.4) is 0 Å². The molecule has 0 aliphatic rings. The quantitative estimate of drug-likeness (QED) is 0.411. The van der Waals surface area contributed by atoms with Crippen LogP contribution in [0.5, 0.6) is 5.75 Å². The highest BCUT2D eigenvalue weighted by molar-refractivity contribution is 7.99. The number of anilines is 1. The minimum Gasteiger partial charge on any atom is -0.496 e. The van der Waals surface area contributed by atoms with E-state index in [4.69, 9.17) is 16.3 Å². The summed E-state index contributed by atoms with van der Waals surface area (Å²) in [5.41, 5.74) is 2.58. The number of aryl methyl sites for hydroxylation is 1. The van der Waals surface area contributed by atoms with Gasteiger partial charge in [-0.1, -0.05) is 41.6 Å². The lowest BCUT2D eigenvalue weighted by molar-refractivity contribution is -0.113. The second-order valence-corrected chi connectivity index (χ2v) is 7.64. The molecule has 0 aliphatic carbocycles. The number of aromatic nitrogens is 3. The van der Waals surface area contributed by atoms with Gasteiger partial charge in [-0.2, -0.15) is 0 Å². The molecule has 2 aromatic carbocycles. The highest BCUT2D eigenvalue weighted by atomic mass is 35.5. The number of hydrogen-bond acceptors (Lipinski definition) is 5. The summed E-state index contributed by atoms with van der Waals surface area (Å²) < 4.78 is 7.32. The lowest BCUT2D eigenvalue weighted by atomic mass is 10.2. The smallest absolute Gasteiger partial charge is 0.234 e. The summed E-state index contributed by atoms with van der Waals surface area (Å²) in [6, 6.07) is 13.0. The van der Waals surface area contributed by atoms with Gasteiger partial charge in [0.15, 0.2) is 11.0 Å². The second kappa shape index (κ2) is 9.62. The van der Waals surface area contributed by atoms with E-state index in [1.165, 1.54) is 11.8 Å². The number of methoxy groups -OCH3 is 1. The van der Waals surface area contributed by atoms with Crippen molar-refractivity contribution in [1.29, 1.82) is 0 Å². The van der Waals surface area contributed by atoms with Crippen LogP contribution in [0.15, 0.2) is 60.3 Å². The van der Waals surface area contributed by atoms with Crippen molar-refractivity contribution in [2.75, 3.05) is 18.2 Å². The molecule has 0 aliphatic heterocycles. The summed E-state index contributed by atoms with van der Waals surface area (Å²) in [6.45, 7) is 6.27. The largest absolute Gasteiger partial charge is 0.496 e. The first-order valence-corrected chi connectivity index (χ1v) is 10.3. The predicted molar refractivity (Wildman–Crippen MR) is 118 cm³/mol. The van der Waals surface area contributed by atoms with Gasteiger partial charge in [-0.3, -0.25) is 9.36 Å². The third-order valence-electron chi connectivity index (χ3n) is 4.07. The van der Waals surface area contributed by atoms with Crippen molar-refractivity contribution >= 4 is 35.0 Å².